The molecule has 8 heteroatoms. The van der Waals surface area contributed by atoms with E-state index < -0.39 is 20.0 Å². The summed E-state index contributed by atoms with van der Waals surface area (Å²) < 4.78 is 10.6. The predicted molar refractivity (Wildman–Crippen MR) is 75.2 cm³/mol. The lowest BCUT2D eigenvalue weighted by molar-refractivity contribution is -0.130. The normalized spacial score (nSPS) is 20.6. The first-order chi connectivity index (χ1) is 9.40. The molecule has 1 rings (SSSR count). The summed E-state index contributed by atoms with van der Waals surface area (Å²) in [6.07, 6.45) is 1.92. The minimum atomic E-state index is -2.41. The van der Waals surface area contributed by atoms with E-state index in [0.717, 1.165) is 19.4 Å². The van der Waals surface area contributed by atoms with Gasteiger partial charge in [0.05, 0.1) is 6.04 Å². The second-order valence-corrected chi connectivity index (χ2v) is 6.41. The van der Waals surface area contributed by atoms with E-state index in [1.807, 2.05) is 13.8 Å². The fourth-order valence-corrected chi connectivity index (χ4v) is 2.44. The Balaban J connectivity index is 2.55. The van der Waals surface area contributed by atoms with E-state index in [-0.39, 0.29) is 24.2 Å². The Morgan fingerprint density at radius 1 is 1.45 bits per heavy atom. The highest BCUT2D eigenvalue weighted by Crippen LogP contribution is 2.11. The maximum atomic E-state index is 12.0. The highest BCUT2D eigenvalue weighted by atomic mass is 31.1. The second-order valence-electron chi connectivity index (χ2n) is 5.39. The minimum Gasteiger partial charge on any atom is -0.343 e. The predicted octanol–water partition coefficient (Wildman–Crippen LogP) is 0.0777. The van der Waals surface area contributed by atoms with Crippen molar-refractivity contribution in [3.63, 3.8) is 0 Å². The molecule has 7 nitrogen and oxygen atoms in total. The van der Waals surface area contributed by atoms with E-state index in [1.54, 1.807) is 0 Å². The Morgan fingerprint density at radius 3 is 2.65 bits per heavy atom. The van der Waals surface area contributed by atoms with Crippen LogP contribution in [0.4, 0.5) is 0 Å². The molecule has 1 aliphatic rings. The maximum Gasteiger partial charge on any atom is 0.527 e. The zero-order valence-electron chi connectivity index (χ0n) is 11.9. The molecule has 0 saturated carbocycles. The monoisotopic (exact) mass is 304 g/mol. The Bertz CT molecular complexity index is 370. The van der Waals surface area contributed by atoms with Crippen molar-refractivity contribution in [2.75, 3.05) is 12.8 Å². The lowest BCUT2D eigenvalue weighted by atomic mass is 10.0. The molecule has 0 aromatic carbocycles. The first-order valence-electron chi connectivity index (χ1n) is 6.85. The van der Waals surface area contributed by atoms with Gasteiger partial charge >= 0.3 is 8.03 Å². The van der Waals surface area contributed by atoms with Gasteiger partial charge < -0.3 is 16.0 Å². The van der Waals surface area contributed by atoms with Crippen LogP contribution < -0.4 is 16.0 Å². The third-order valence-electron chi connectivity index (χ3n) is 3.11. The average Bonchev–Trinajstić information content (AvgIpc) is 2.88. The minimum absolute atomic E-state index is 0.184. The SMILES string of the molecule is CC(C)C[C@H](NC(=O)[C@@H]1CCCN1)C(=O)NC[P+](=O)O. The van der Waals surface area contributed by atoms with Crippen LogP contribution in [-0.2, 0) is 14.2 Å². The lowest BCUT2D eigenvalue weighted by Crippen LogP contribution is -2.51. The van der Waals surface area contributed by atoms with Gasteiger partial charge in [-0.05, 0) is 36.3 Å². The number of nitrogens with one attached hydrogen (secondary N) is 3. The van der Waals surface area contributed by atoms with Gasteiger partial charge in [-0.3, -0.25) is 9.59 Å². The Kier molecular flexibility index (Phi) is 7.05. The van der Waals surface area contributed by atoms with Crippen LogP contribution in [0.1, 0.15) is 33.1 Å². The van der Waals surface area contributed by atoms with Crippen molar-refractivity contribution in [1.82, 2.24) is 16.0 Å². The van der Waals surface area contributed by atoms with Gasteiger partial charge in [0, 0.05) is 0 Å². The molecular weight excluding hydrogens is 281 g/mol. The molecule has 0 spiro atoms. The Morgan fingerprint density at radius 2 is 2.15 bits per heavy atom. The number of carbonyl (C=O) groups excluding carboxylic acids is 2. The molecule has 0 aromatic rings. The van der Waals surface area contributed by atoms with Gasteiger partial charge in [-0.15, -0.1) is 0 Å². The van der Waals surface area contributed by atoms with Crippen LogP contribution in [0.3, 0.4) is 0 Å². The molecule has 0 aliphatic carbocycles. The van der Waals surface area contributed by atoms with Crippen LogP contribution in [0.2, 0.25) is 0 Å². The van der Waals surface area contributed by atoms with Crippen LogP contribution in [0.5, 0.6) is 0 Å². The molecule has 0 aromatic heterocycles. The third kappa shape index (κ3) is 5.94. The van der Waals surface area contributed by atoms with E-state index in [2.05, 4.69) is 16.0 Å². The first kappa shape index (κ1) is 17.0. The van der Waals surface area contributed by atoms with Crippen LogP contribution in [0.15, 0.2) is 0 Å². The van der Waals surface area contributed by atoms with E-state index >= 15 is 0 Å². The van der Waals surface area contributed by atoms with Crippen molar-refractivity contribution in [1.29, 1.82) is 0 Å². The van der Waals surface area contributed by atoms with Gasteiger partial charge in [-0.25, -0.2) is 0 Å². The molecule has 4 N–H and O–H groups in total. The molecule has 0 radical (unpaired) electrons. The fourth-order valence-electron chi connectivity index (χ4n) is 2.15. The van der Waals surface area contributed by atoms with Gasteiger partial charge in [-0.1, -0.05) is 13.8 Å². The molecule has 2 amide bonds. The Labute approximate surface area is 119 Å². The van der Waals surface area contributed by atoms with Crippen molar-refractivity contribution in [2.45, 2.75) is 45.2 Å². The largest absolute Gasteiger partial charge is 0.527 e. The number of rotatable bonds is 7. The van der Waals surface area contributed by atoms with Crippen molar-refractivity contribution < 1.29 is 19.0 Å². The average molecular weight is 304 g/mol. The number of hydrogen-bond acceptors (Lipinski definition) is 4. The van der Waals surface area contributed by atoms with Crippen LogP contribution in [-0.4, -0.2) is 41.6 Å². The number of amides is 2. The van der Waals surface area contributed by atoms with E-state index in [0.29, 0.717) is 6.42 Å². The molecule has 1 unspecified atom stereocenters. The quantitative estimate of drug-likeness (QED) is 0.498. The lowest BCUT2D eigenvalue weighted by Gasteiger charge is -2.21. The highest BCUT2D eigenvalue weighted by Gasteiger charge is 2.28. The molecule has 0 bridgehead atoms. The van der Waals surface area contributed by atoms with Crippen molar-refractivity contribution in [2.24, 2.45) is 5.92 Å². The molecular formula is C12H23N3O4P+. The zero-order valence-corrected chi connectivity index (χ0v) is 12.8. The summed E-state index contributed by atoms with van der Waals surface area (Å²) in [6.45, 7) is 4.71. The molecule has 114 valence electrons. The van der Waals surface area contributed by atoms with Gasteiger partial charge in [0.25, 0.3) is 0 Å². The molecule has 1 heterocycles. The smallest absolute Gasteiger partial charge is 0.343 e. The van der Waals surface area contributed by atoms with E-state index in [4.69, 9.17) is 4.89 Å². The molecule has 3 atom stereocenters. The van der Waals surface area contributed by atoms with Crippen molar-refractivity contribution in [3.8, 4) is 0 Å². The van der Waals surface area contributed by atoms with Gasteiger partial charge in [0.15, 0.2) is 0 Å². The molecule has 1 saturated heterocycles. The summed E-state index contributed by atoms with van der Waals surface area (Å²) in [4.78, 5) is 32.7. The van der Waals surface area contributed by atoms with Crippen molar-refractivity contribution >= 4 is 19.8 Å². The Hall–Kier alpha value is -1.04. The van der Waals surface area contributed by atoms with E-state index in [9.17, 15) is 14.2 Å². The standard InChI is InChI=1S/C12H22N3O4P/c1-8(2)6-10(11(16)14-7-20(18)19)15-12(17)9-4-3-5-13-9/h8-10,13H,3-7H2,1-2H3,(H2-,14,15,16,17,18,19)/p+1/t9-,10-/m0/s1. The molecule has 1 fully saturated rings. The summed E-state index contributed by atoms with van der Waals surface area (Å²) in [5.41, 5.74) is 0. The number of hydrogen-bond donors (Lipinski definition) is 4. The molecule has 1 aliphatic heterocycles. The van der Waals surface area contributed by atoms with Crippen LogP contribution in [0, 0.1) is 5.92 Å². The van der Waals surface area contributed by atoms with E-state index in [1.165, 1.54) is 0 Å². The van der Waals surface area contributed by atoms with Gasteiger partial charge in [0.2, 0.25) is 18.1 Å². The second kappa shape index (κ2) is 8.29. The zero-order chi connectivity index (χ0) is 15.1. The summed E-state index contributed by atoms with van der Waals surface area (Å²) in [5.74, 6) is -0.371. The van der Waals surface area contributed by atoms with Gasteiger partial charge in [0.1, 0.15) is 6.04 Å². The third-order valence-corrected chi connectivity index (χ3v) is 3.53. The molecule has 20 heavy (non-hydrogen) atoms. The van der Waals surface area contributed by atoms with Crippen LogP contribution >= 0.6 is 8.03 Å². The summed E-state index contributed by atoms with van der Waals surface area (Å²) >= 11 is 0. The summed E-state index contributed by atoms with van der Waals surface area (Å²) in [7, 11) is -2.41. The maximum absolute atomic E-state index is 12.0. The number of carbonyl (C=O) groups is 2. The van der Waals surface area contributed by atoms with Crippen molar-refractivity contribution in [3.05, 3.63) is 0 Å². The summed E-state index contributed by atoms with van der Waals surface area (Å²) in [6, 6.07) is -0.910. The van der Waals surface area contributed by atoms with Crippen LogP contribution in [0.25, 0.3) is 0 Å². The first-order valence-corrected chi connectivity index (χ1v) is 8.25. The van der Waals surface area contributed by atoms with Gasteiger partial charge in [-0.2, -0.15) is 4.89 Å². The topological polar surface area (TPSA) is 108 Å². The highest BCUT2D eigenvalue weighted by molar-refractivity contribution is 7.37. The summed E-state index contributed by atoms with van der Waals surface area (Å²) in [5, 5.41) is 8.17. The fraction of sp³-hybridized carbons (Fsp3) is 0.833.